The predicted molar refractivity (Wildman–Crippen MR) is 472 cm³/mol. The number of benzene rings is 7. The van der Waals surface area contributed by atoms with Crippen molar-refractivity contribution in [2.75, 3.05) is 72.7 Å². The molecule has 0 aromatic heterocycles. The predicted octanol–water partition coefficient (Wildman–Crippen LogP) is 27.5. The van der Waals surface area contributed by atoms with Gasteiger partial charge in [0, 0.05) is 46.2 Å². The van der Waals surface area contributed by atoms with Crippen molar-refractivity contribution in [2.45, 2.75) is 217 Å². The lowest BCUT2D eigenvalue weighted by Crippen LogP contribution is -2.05. The Balaban J connectivity index is 0.000000637. The molecule has 0 heterocycles. The molecular weight excluding hydrogens is 1350 g/mol. The summed E-state index contributed by atoms with van der Waals surface area (Å²) in [5.41, 5.74) is 16.6. The van der Waals surface area contributed by atoms with Gasteiger partial charge in [-0.15, -0.1) is 0 Å². The van der Waals surface area contributed by atoms with Gasteiger partial charge < -0.3 is 42.6 Å². The fourth-order valence-electron chi connectivity index (χ4n) is 9.98. The Hall–Kier alpha value is -7.64. The van der Waals surface area contributed by atoms with E-state index in [1.807, 2.05) is 91.1 Å². The van der Waals surface area contributed by atoms with E-state index in [9.17, 15) is 0 Å². The van der Waals surface area contributed by atoms with Crippen molar-refractivity contribution in [3.8, 4) is 0 Å². The van der Waals surface area contributed by atoms with Gasteiger partial charge in [-0.1, -0.05) is 366 Å². The van der Waals surface area contributed by atoms with Gasteiger partial charge in [0.1, 0.15) is 0 Å². The molecule has 0 aliphatic carbocycles. The molecule has 0 atom stereocenters. The van der Waals surface area contributed by atoms with Gasteiger partial charge in [0.15, 0.2) is 0 Å². The molecule has 7 rings (SSSR count). The molecule has 0 unspecified atom stereocenters. The number of hydrogen-bond donors (Lipinski definition) is 0. The van der Waals surface area contributed by atoms with E-state index in [0.717, 1.165) is 132 Å². The molecule has 598 valence electrons. The molecule has 0 fully saturated rings. The molecule has 0 saturated carbocycles. The second-order valence-corrected chi connectivity index (χ2v) is 26.4. The Morgan fingerprint density at radius 2 is 0.459 bits per heavy atom. The van der Waals surface area contributed by atoms with E-state index < -0.39 is 0 Å². The molecular formula is C100H144O9. The fourth-order valence-corrected chi connectivity index (χ4v) is 9.98. The number of rotatable bonds is 53. The van der Waals surface area contributed by atoms with Crippen LogP contribution in [0.1, 0.15) is 248 Å². The largest absolute Gasteiger partial charge is 0.379 e. The third kappa shape index (κ3) is 57.1. The molecule has 0 amide bonds. The maximum Gasteiger partial charge on any atom is 0.0722 e. The number of hydrogen-bond acceptors (Lipinski definition) is 9. The average Bonchev–Trinajstić information content (AvgIpc) is 0.946. The molecule has 109 heavy (non-hydrogen) atoms. The van der Waals surface area contributed by atoms with Crippen LogP contribution in [0.2, 0.25) is 0 Å². The molecule has 0 radical (unpaired) electrons. The molecule has 0 spiro atoms. The minimum absolute atomic E-state index is 0.638. The lowest BCUT2D eigenvalue weighted by atomic mass is 10.1. The van der Waals surface area contributed by atoms with Crippen molar-refractivity contribution in [1.29, 1.82) is 0 Å². The summed E-state index contributed by atoms with van der Waals surface area (Å²) in [5.74, 6) is 0. The average molecular weight is 1490 g/mol. The summed E-state index contributed by atoms with van der Waals surface area (Å²) in [5, 5.41) is 0. The third-order valence-corrected chi connectivity index (χ3v) is 16.8. The first-order chi connectivity index (χ1) is 53.6. The van der Waals surface area contributed by atoms with Crippen molar-refractivity contribution in [3.63, 3.8) is 0 Å². The van der Waals surface area contributed by atoms with Gasteiger partial charge in [-0.2, -0.15) is 0 Å². The highest BCUT2D eigenvalue weighted by Gasteiger charge is 2.02. The van der Waals surface area contributed by atoms with E-state index >= 15 is 0 Å². The van der Waals surface area contributed by atoms with E-state index in [-0.39, 0.29) is 0 Å². The first-order valence-corrected chi connectivity index (χ1v) is 40.8. The van der Waals surface area contributed by atoms with Gasteiger partial charge in [-0.05, 0) is 141 Å². The molecule has 0 saturated heterocycles. The van der Waals surface area contributed by atoms with Crippen LogP contribution in [0.25, 0.3) is 42.5 Å². The second kappa shape index (κ2) is 74.5. The summed E-state index contributed by atoms with van der Waals surface area (Å²) < 4.78 is 49.8. The molecule has 0 aliphatic heterocycles. The summed E-state index contributed by atoms with van der Waals surface area (Å²) in [6.07, 6.45) is 36.1. The van der Waals surface area contributed by atoms with E-state index in [2.05, 4.69) is 216 Å². The zero-order valence-electron chi connectivity index (χ0n) is 69.0. The van der Waals surface area contributed by atoms with Crippen molar-refractivity contribution in [3.05, 3.63) is 294 Å². The van der Waals surface area contributed by atoms with Crippen LogP contribution in [0.5, 0.6) is 0 Å². The maximum absolute atomic E-state index is 5.67. The molecule has 7 aromatic carbocycles. The van der Waals surface area contributed by atoms with Crippen LogP contribution in [-0.4, -0.2) is 72.7 Å². The van der Waals surface area contributed by atoms with Gasteiger partial charge in [-0.25, -0.2) is 0 Å². The quantitative estimate of drug-likeness (QED) is 0.0346. The highest BCUT2D eigenvalue weighted by molar-refractivity contribution is 5.53. The first-order valence-electron chi connectivity index (χ1n) is 40.8. The molecule has 0 bridgehead atoms. The lowest BCUT2D eigenvalue weighted by molar-refractivity contribution is 0.0397. The standard InChI is InChI=1S/C16H24O.2C15H22O2.C15H22O.3C13H18O/c1-3-5-6-7-8-12-17-14-16-11-9-10-15(4-2)13-16;1-3-5-10-16-11-12-17-13-15-8-6-14(4-2)7-9-15;1-3-5-9-16-10-11-17-13-15-8-6-7-14(4-2)12-15;1-3-5-6-7-12-16-13-15-10-8-14(4-2)9-11-15;1-3-5-10-14-11-13-8-6-12(4-2)7-9-13;1-3-5-10-14-11-13-9-7-6-8-12(13)4-2;1-3-5-9-14-11-13-8-6-7-12(4-2)10-13/h4,9-11,13H,2-3,5-8,12,14H2,1H3;4,6-9H,2-3,5,10-13H2,1H3;4,6-8,12H,2-3,5,9-11,13H2,1H3;4,8-11H,2-3,5-7,12-13H2,1H3;2*4,6-9H,2-3,5,10-11H2,1H3;4,6-8,10H,2-3,5,9,11H2,1H3. The third-order valence-electron chi connectivity index (χ3n) is 16.8. The fraction of sp³-hybridized carbons (Fsp3) is 0.440. The monoisotopic (exact) mass is 1490 g/mol. The van der Waals surface area contributed by atoms with Crippen molar-refractivity contribution in [2.24, 2.45) is 0 Å². The summed E-state index contributed by atoms with van der Waals surface area (Å²) in [6, 6.07) is 57.9. The summed E-state index contributed by atoms with van der Waals surface area (Å²) >= 11 is 0. The van der Waals surface area contributed by atoms with Crippen LogP contribution in [-0.2, 0) is 88.9 Å². The van der Waals surface area contributed by atoms with E-state index in [1.165, 1.54) is 134 Å². The van der Waals surface area contributed by atoms with Gasteiger partial charge in [0.05, 0.1) is 72.7 Å². The van der Waals surface area contributed by atoms with Gasteiger partial charge in [-0.3, -0.25) is 0 Å². The van der Waals surface area contributed by atoms with Crippen LogP contribution in [0.15, 0.2) is 216 Å². The zero-order valence-corrected chi connectivity index (χ0v) is 69.0. The Morgan fingerprint density at radius 3 is 0.771 bits per heavy atom. The highest BCUT2D eigenvalue weighted by atomic mass is 16.5. The van der Waals surface area contributed by atoms with Crippen LogP contribution in [0.4, 0.5) is 0 Å². The normalized spacial score (nSPS) is 10.3. The van der Waals surface area contributed by atoms with Crippen LogP contribution in [0.3, 0.4) is 0 Å². The number of unbranched alkanes of at least 4 members (excludes halogenated alkanes) is 12. The second-order valence-electron chi connectivity index (χ2n) is 26.4. The molecule has 9 heteroatoms. The smallest absolute Gasteiger partial charge is 0.0722 e. The molecule has 9 nitrogen and oxygen atoms in total. The molecule has 7 aromatic rings. The summed E-state index contributed by atoms with van der Waals surface area (Å²) in [7, 11) is 0. The minimum Gasteiger partial charge on any atom is -0.379 e. The van der Waals surface area contributed by atoms with Gasteiger partial charge >= 0.3 is 0 Å². The highest BCUT2D eigenvalue weighted by Crippen LogP contribution is 2.16. The maximum atomic E-state index is 5.67. The Morgan fingerprint density at radius 1 is 0.202 bits per heavy atom. The Kier molecular flexibility index (Phi) is 67.9. The molecule has 0 N–H and O–H groups in total. The van der Waals surface area contributed by atoms with Crippen LogP contribution in [0, 0.1) is 0 Å². The SMILES string of the molecule is C=Cc1ccc(COCCCC)cc1.C=Cc1ccc(COCCCCCC)cc1.C=Cc1ccc(COCCOCCCC)cc1.C=Cc1cccc(COCCCC)c1.C=Cc1cccc(COCCCCCCC)c1.C=Cc1cccc(COCCOCCCC)c1.C=Cc1ccccc1COCCCC. The van der Waals surface area contributed by atoms with Crippen LogP contribution < -0.4 is 0 Å². The van der Waals surface area contributed by atoms with Gasteiger partial charge in [0.25, 0.3) is 0 Å². The first kappa shape index (κ1) is 99.4. The summed E-state index contributed by atoms with van der Waals surface area (Å²) in [6.45, 7) is 55.0. The van der Waals surface area contributed by atoms with E-state index in [1.54, 1.807) is 0 Å². The van der Waals surface area contributed by atoms with Crippen molar-refractivity contribution < 1.29 is 42.6 Å². The Labute approximate surface area is 664 Å². The van der Waals surface area contributed by atoms with Crippen LogP contribution >= 0.6 is 0 Å². The summed E-state index contributed by atoms with van der Waals surface area (Å²) in [4.78, 5) is 0. The van der Waals surface area contributed by atoms with Crippen molar-refractivity contribution >= 4 is 42.5 Å². The zero-order chi connectivity index (χ0) is 79.4. The lowest BCUT2D eigenvalue weighted by Gasteiger charge is -2.06. The van der Waals surface area contributed by atoms with Gasteiger partial charge in [0.2, 0.25) is 0 Å². The van der Waals surface area contributed by atoms with Crippen molar-refractivity contribution in [1.82, 2.24) is 0 Å². The number of ether oxygens (including phenoxy) is 9. The minimum atomic E-state index is 0.638. The Bertz CT molecular complexity index is 3210. The van der Waals surface area contributed by atoms with E-state index in [4.69, 9.17) is 42.6 Å². The molecule has 0 aliphatic rings. The topological polar surface area (TPSA) is 83.1 Å². The van der Waals surface area contributed by atoms with E-state index in [0.29, 0.717) is 52.9 Å².